The molecule has 0 radical (unpaired) electrons. The zero-order chi connectivity index (χ0) is 13.8. The van der Waals surface area contributed by atoms with Crippen molar-refractivity contribution in [3.05, 3.63) is 35.6 Å². The Balaban J connectivity index is 1.83. The molecule has 0 spiro atoms. The Bertz CT molecular complexity index is 391. The number of benzene rings is 1. The summed E-state index contributed by atoms with van der Waals surface area (Å²) in [6, 6.07) is 7.61. The van der Waals surface area contributed by atoms with Crippen molar-refractivity contribution in [1.82, 2.24) is 9.80 Å². The normalized spacial score (nSPS) is 22.1. The Morgan fingerprint density at radius 2 is 2.11 bits per heavy atom. The van der Waals surface area contributed by atoms with Gasteiger partial charge in [-0.25, -0.2) is 4.39 Å². The van der Waals surface area contributed by atoms with Crippen molar-refractivity contribution in [1.29, 1.82) is 0 Å². The van der Waals surface area contributed by atoms with Crippen LogP contribution < -0.4 is 5.73 Å². The van der Waals surface area contributed by atoms with E-state index in [0.29, 0.717) is 6.04 Å². The first-order valence-electron chi connectivity index (χ1n) is 6.97. The van der Waals surface area contributed by atoms with Crippen molar-refractivity contribution in [3.63, 3.8) is 0 Å². The Hall–Kier alpha value is -0.970. The van der Waals surface area contributed by atoms with Crippen molar-refractivity contribution >= 4 is 0 Å². The lowest BCUT2D eigenvalue weighted by molar-refractivity contribution is 0.221. The highest BCUT2D eigenvalue weighted by atomic mass is 19.1. The van der Waals surface area contributed by atoms with E-state index in [1.54, 1.807) is 0 Å². The van der Waals surface area contributed by atoms with Gasteiger partial charge in [0.15, 0.2) is 0 Å². The molecule has 1 saturated heterocycles. The lowest BCUT2D eigenvalue weighted by atomic mass is 10.2. The van der Waals surface area contributed by atoms with E-state index in [4.69, 9.17) is 5.73 Å². The van der Waals surface area contributed by atoms with Crippen LogP contribution in [-0.2, 0) is 6.54 Å². The third-order valence-electron chi connectivity index (χ3n) is 3.77. The van der Waals surface area contributed by atoms with Crippen LogP contribution in [-0.4, -0.2) is 48.6 Å². The fourth-order valence-electron chi connectivity index (χ4n) is 2.77. The van der Waals surface area contributed by atoms with E-state index in [1.807, 2.05) is 19.1 Å². The minimum Gasteiger partial charge on any atom is -0.327 e. The van der Waals surface area contributed by atoms with Gasteiger partial charge in [0.05, 0.1) is 0 Å². The number of nitrogens with zero attached hydrogens (tertiary/aromatic N) is 2. The highest BCUT2D eigenvalue weighted by molar-refractivity contribution is 5.16. The molecule has 106 valence electrons. The molecule has 2 unspecified atom stereocenters. The Labute approximate surface area is 115 Å². The van der Waals surface area contributed by atoms with Crippen molar-refractivity contribution in [3.8, 4) is 0 Å². The summed E-state index contributed by atoms with van der Waals surface area (Å²) < 4.78 is 12.9. The Kier molecular flexibility index (Phi) is 4.91. The number of nitrogens with two attached hydrogens (primary N) is 1. The molecule has 1 aromatic rings. The number of hydrogen-bond donors (Lipinski definition) is 1. The molecule has 1 heterocycles. The molecule has 0 bridgehead atoms. The number of likely N-dealkylation sites (N-methyl/N-ethyl adjacent to an activating group) is 1. The Morgan fingerprint density at radius 1 is 1.42 bits per heavy atom. The predicted octanol–water partition coefficient (Wildman–Crippen LogP) is 1.68. The molecule has 0 saturated carbocycles. The molecule has 19 heavy (non-hydrogen) atoms. The highest BCUT2D eigenvalue weighted by Gasteiger charge is 2.25. The van der Waals surface area contributed by atoms with E-state index in [-0.39, 0.29) is 11.9 Å². The zero-order valence-electron chi connectivity index (χ0n) is 11.8. The van der Waals surface area contributed by atoms with E-state index in [0.717, 1.165) is 26.2 Å². The molecule has 3 nitrogen and oxygen atoms in total. The van der Waals surface area contributed by atoms with Gasteiger partial charge in [0, 0.05) is 38.3 Å². The first kappa shape index (κ1) is 14.4. The van der Waals surface area contributed by atoms with Gasteiger partial charge in [-0.05, 0) is 38.1 Å². The van der Waals surface area contributed by atoms with Crippen molar-refractivity contribution < 1.29 is 4.39 Å². The summed E-state index contributed by atoms with van der Waals surface area (Å²) >= 11 is 0. The molecule has 1 aromatic carbocycles. The summed E-state index contributed by atoms with van der Waals surface area (Å²) in [5, 5.41) is 0. The Morgan fingerprint density at radius 3 is 2.74 bits per heavy atom. The van der Waals surface area contributed by atoms with Crippen molar-refractivity contribution in [2.75, 3.05) is 26.7 Å². The summed E-state index contributed by atoms with van der Waals surface area (Å²) in [6.45, 7) is 6.06. The predicted molar refractivity (Wildman–Crippen MR) is 76.4 cm³/mol. The minimum absolute atomic E-state index is 0.167. The van der Waals surface area contributed by atoms with Crippen molar-refractivity contribution in [2.24, 2.45) is 5.73 Å². The maximum atomic E-state index is 12.9. The van der Waals surface area contributed by atoms with Crippen LogP contribution in [0.3, 0.4) is 0 Å². The molecule has 2 atom stereocenters. The quantitative estimate of drug-likeness (QED) is 0.879. The van der Waals surface area contributed by atoms with Crippen LogP contribution in [0.2, 0.25) is 0 Å². The average molecular weight is 265 g/mol. The molecular formula is C15H24FN3. The molecule has 0 aromatic heterocycles. The molecule has 0 amide bonds. The molecular weight excluding hydrogens is 241 g/mol. The van der Waals surface area contributed by atoms with Gasteiger partial charge in [-0.3, -0.25) is 4.90 Å². The monoisotopic (exact) mass is 265 g/mol. The second-order valence-electron chi connectivity index (χ2n) is 5.72. The van der Waals surface area contributed by atoms with Gasteiger partial charge in [-0.2, -0.15) is 0 Å². The number of halogens is 1. The average Bonchev–Trinajstić information content (AvgIpc) is 2.80. The van der Waals surface area contributed by atoms with Crippen LogP contribution in [0.15, 0.2) is 24.3 Å². The largest absolute Gasteiger partial charge is 0.327 e. The standard InChI is InChI=1S/C15H24FN3/c1-12(17)9-18(2)15-7-8-19(11-15)10-13-3-5-14(16)6-4-13/h3-6,12,15H,7-11,17H2,1-2H3. The second kappa shape index (κ2) is 6.46. The lowest BCUT2D eigenvalue weighted by Crippen LogP contribution is -2.41. The molecule has 2 rings (SSSR count). The third-order valence-corrected chi connectivity index (χ3v) is 3.77. The number of rotatable bonds is 5. The van der Waals surface area contributed by atoms with Gasteiger partial charge < -0.3 is 10.6 Å². The second-order valence-corrected chi connectivity index (χ2v) is 5.72. The summed E-state index contributed by atoms with van der Waals surface area (Å²) in [4.78, 5) is 4.78. The summed E-state index contributed by atoms with van der Waals surface area (Å²) in [5.41, 5.74) is 7.02. The fraction of sp³-hybridized carbons (Fsp3) is 0.600. The topological polar surface area (TPSA) is 32.5 Å². The third kappa shape index (κ3) is 4.27. The van der Waals surface area contributed by atoms with Crippen LogP contribution >= 0.6 is 0 Å². The van der Waals surface area contributed by atoms with E-state index < -0.39 is 0 Å². The molecule has 2 N–H and O–H groups in total. The highest BCUT2D eigenvalue weighted by Crippen LogP contribution is 2.17. The SMILES string of the molecule is CC(N)CN(C)C1CCN(Cc2ccc(F)cc2)C1. The van der Waals surface area contributed by atoms with Crippen LogP contribution in [0.25, 0.3) is 0 Å². The van der Waals surface area contributed by atoms with Crippen LogP contribution in [0.1, 0.15) is 18.9 Å². The van der Waals surface area contributed by atoms with Crippen molar-refractivity contribution in [2.45, 2.75) is 32.0 Å². The van der Waals surface area contributed by atoms with Crippen LogP contribution in [0.4, 0.5) is 4.39 Å². The molecule has 0 aliphatic carbocycles. The summed E-state index contributed by atoms with van der Waals surface area (Å²) in [5.74, 6) is -0.167. The maximum absolute atomic E-state index is 12.9. The van der Waals surface area contributed by atoms with Crippen LogP contribution in [0.5, 0.6) is 0 Å². The minimum atomic E-state index is -0.167. The van der Waals surface area contributed by atoms with E-state index >= 15 is 0 Å². The number of hydrogen-bond acceptors (Lipinski definition) is 3. The zero-order valence-corrected chi connectivity index (χ0v) is 11.8. The fourth-order valence-corrected chi connectivity index (χ4v) is 2.77. The molecule has 1 aliphatic heterocycles. The van der Waals surface area contributed by atoms with Gasteiger partial charge in [0.25, 0.3) is 0 Å². The van der Waals surface area contributed by atoms with Crippen LogP contribution in [0, 0.1) is 5.82 Å². The molecule has 1 fully saturated rings. The lowest BCUT2D eigenvalue weighted by Gasteiger charge is -2.26. The van der Waals surface area contributed by atoms with Gasteiger partial charge in [-0.1, -0.05) is 12.1 Å². The smallest absolute Gasteiger partial charge is 0.123 e. The van der Waals surface area contributed by atoms with E-state index in [9.17, 15) is 4.39 Å². The summed E-state index contributed by atoms with van der Waals surface area (Å²) in [7, 11) is 2.15. The van der Waals surface area contributed by atoms with Gasteiger partial charge in [0.1, 0.15) is 5.82 Å². The summed E-state index contributed by atoms with van der Waals surface area (Å²) in [6.07, 6.45) is 1.18. The van der Waals surface area contributed by atoms with Gasteiger partial charge in [-0.15, -0.1) is 0 Å². The molecule has 4 heteroatoms. The van der Waals surface area contributed by atoms with E-state index in [2.05, 4.69) is 16.8 Å². The van der Waals surface area contributed by atoms with E-state index in [1.165, 1.54) is 24.1 Å². The first-order chi connectivity index (χ1) is 9.04. The number of likely N-dealkylation sites (tertiary alicyclic amines) is 1. The van der Waals surface area contributed by atoms with Gasteiger partial charge in [0.2, 0.25) is 0 Å². The maximum Gasteiger partial charge on any atom is 0.123 e. The first-order valence-corrected chi connectivity index (χ1v) is 6.97. The van der Waals surface area contributed by atoms with Gasteiger partial charge >= 0.3 is 0 Å². The molecule has 1 aliphatic rings.